The summed E-state index contributed by atoms with van der Waals surface area (Å²) in [6.45, 7) is 7.00. The fraction of sp³-hybridized carbons (Fsp3) is 0.818. The number of nitrogens with one attached hydrogen (secondary N) is 1. The summed E-state index contributed by atoms with van der Waals surface area (Å²) in [5.41, 5.74) is -0.429. The van der Waals surface area contributed by atoms with E-state index in [0.717, 1.165) is 0 Å². The molecule has 0 saturated heterocycles. The van der Waals surface area contributed by atoms with Gasteiger partial charge in [0.2, 0.25) is 5.91 Å². The number of carboxylic acids is 1. The van der Waals surface area contributed by atoms with E-state index in [2.05, 4.69) is 5.32 Å². The van der Waals surface area contributed by atoms with E-state index < -0.39 is 23.2 Å². The van der Waals surface area contributed by atoms with Crippen LogP contribution in [0.25, 0.3) is 0 Å². The lowest BCUT2D eigenvalue weighted by Gasteiger charge is -2.05. The molecule has 1 aliphatic carbocycles. The van der Waals surface area contributed by atoms with Gasteiger partial charge in [-0.25, -0.2) is 0 Å². The Balaban J connectivity index is 2.36. The number of hydrogen-bond donors (Lipinski definition) is 2. The minimum absolute atomic E-state index is 0.183. The standard InChI is InChI=1S/C11H19NO4/c1-4-16-6-5-12-9(13)7-8(10(14)15)11(7,2)3/h7-8H,4-6H2,1-3H3,(H,12,13)(H,14,15). The van der Waals surface area contributed by atoms with Gasteiger partial charge >= 0.3 is 5.97 Å². The van der Waals surface area contributed by atoms with Crippen LogP contribution in [-0.4, -0.2) is 36.7 Å². The number of aliphatic carboxylic acids is 1. The molecule has 0 aliphatic heterocycles. The normalized spacial score (nSPS) is 26.2. The molecule has 0 radical (unpaired) electrons. The zero-order chi connectivity index (χ0) is 12.3. The summed E-state index contributed by atoms with van der Waals surface area (Å²) < 4.78 is 5.08. The van der Waals surface area contributed by atoms with Crippen LogP contribution >= 0.6 is 0 Å². The highest BCUT2D eigenvalue weighted by molar-refractivity contribution is 5.91. The predicted molar refractivity (Wildman–Crippen MR) is 57.9 cm³/mol. The number of carbonyl (C=O) groups excluding carboxylic acids is 1. The summed E-state index contributed by atoms with van der Waals surface area (Å²) in [5.74, 6) is -2.04. The average Bonchev–Trinajstić information content (AvgIpc) is 2.76. The van der Waals surface area contributed by atoms with E-state index in [-0.39, 0.29) is 5.91 Å². The highest BCUT2D eigenvalue weighted by Crippen LogP contribution is 2.58. The van der Waals surface area contributed by atoms with E-state index in [9.17, 15) is 9.59 Å². The minimum Gasteiger partial charge on any atom is -0.481 e. The maximum atomic E-state index is 11.7. The highest BCUT2D eigenvalue weighted by atomic mass is 16.5. The largest absolute Gasteiger partial charge is 0.481 e. The Morgan fingerprint density at radius 2 is 2.00 bits per heavy atom. The predicted octanol–water partition coefficient (Wildman–Crippen LogP) is 0.496. The molecule has 0 aromatic rings. The first kappa shape index (κ1) is 13.0. The molecule has 1 amide bonds. The Labute approximate surface area is 95.2 Å². The second kappa shape index (κ2) is 4.82. The van der Waals surface area contributed by atoms with E-state index in [0.29, 0.717) is 19.8 Å². The van der Waals surface area contributed by atoms with E-state index in [4.69, 9.17) is 9.84 Å². The van der Waals surface area contributed by atoms with Crippen LogP contribution in [0, 0.1) is 17.3 Å². The first-order chi connectivity index (χ1) is 7.42. The summed E-state index contributed by atoms with van der Waals surface area (Å²) in [6, 6.07) is 0. The number of rotatable bonds is 6. The van der Waals surface area contributed by atoms with Gasteiger partial charge in [-0.05, 0) is 12.3 Å². The van der Waals surface area contributed by atoms with Crippen molar-refractivity contribution in [2.75, 3.05) is 19.8 Å². The molecule has 0 aromatic carbocycles. The topological polar surface area (TPSA) is 75.6 Å². The first-order valence-electron chi connectivity index (χ1n) is 5.51. The van der Waals surface area contributed by atoms with Gasteiger partial charge in [-0.2, -0.15) is 0 Å². The molecule has 16 heavy (non-hydrogen) atoms. The van der Waals surface area contributed by atoms with Gasteiger partial charge < -0.3 is 15.2 Å². The Hall–Kier alpha value is -1.10. The lowest BCUT2D eigenvalue weighted by molar-refractivity contribution is -0.140. The third-order valence-corrected chi connectivity index (χ3v) is 3.13. The van der Waals surface area contributed by atoms with Crippen molar-refractivity contribution in [1.29, 1.82) is 0 Å². The van der Waals surface area contributed by atoms with Crippen LogP contribution in [0.1, 0.15) is 20.8 Å². The quantitative estimate of drug-likeness (QED) is 0.650. The van der Waals surface area contributed by atoms with Gasteiger partial charge in [0, 0.05) is 13.2 Å². The van der Waals surface area contributed by atoms with Gasteiger partial charge in [-0.3, -0.25) is 9.59 Å². The van der Waals surface area contributed by atoms with Crippen molar-refractivity contribution in [3.63, 3.8) is 0 Å². The van der Waals surface area contributed by atoms with Crippen molar-refractivity contribution in [2.24, 2.45) is 17.3 Å². The van der Waals surface area contributed by atoms with E-state index >= 15 is 0 Å². The lowest BCUT2D eigenvalue weighted by atomic mass is 10.1. The fourth-order valence-corrected chi connectivity index (χ4v) is 2.09. The third kappa shape index (κ3) is 2.52. The number of amides is 1. The summed E-state index contributed by atoms with van der Waals surface area (Å²) >= 11 is 0. The van der Waals surface area contributed by atoms with Crippen LogP contribution in [-0.2, 0) is 14.3 Å². The van der Waals surface area contributed by atoms with Crippen molar-refractivity contribution < 1.29 is 19.4 Å². The van der Waals surface area contributed by atoms with Gasteiger partial charge in [-0.1, -0.05) is 13.8 Å². The molecule has 2 atom stereocenters. The molecule has 2 unspecified atom stereocenters. The lowest BCUT2D eigenvalue weighted by Crippen LogP contribution is -2.30. The van der Waals surface area contributed by atoms with Crippen LogP contribution in [0.3, 0.4) is 0 Å². The van der Waals surface area contributed by atoms with Crippen molar-refractivity contribution in [1.82, 2.24) is 5.32 Å². The molecule has 0 spiro atoms. The molecular weight excluding hydrogens is 210 g/mol. The maximum absolute atomic E-state index is 11.7. The Bertz CT molecular complexity index is 288. The minimum atomic E-state index is -0.894. The molecular formula is C11H19NO4. The van der Waals surface area contributed by atoms with Crippen molar-refractivity contribution >= 4 is 11.9 Å². The molecule has 1 aliphatic rings. The van der Waals surface area contributed by atoms with Crippen LogP contribution < -0.4 is 5.32 Å². The molecule has 2 N–H and O–H groups in total. The summed E-state index contributed by atoms with van der Waals surface area (Å²) in [6.07, 6.45) is 0. The zero-order valence-electron chi connectivity index (χ0n) is 9.95. The van der Waals surface area contributed by atoms with Crippen LogP contribution in [0.4, 0.5) is 0 Å². The zero-order valence-corrected chi connectivity index (χ0v) is 9.95. The second-order valence-corrected chi connectivity index (χ2v) is 4.60. The number of ether oxygens (including phenoxy) is 1. The van der Waals surface area contributed by atoms with E-state index in [1.807, 2.05) is 6.92 Å². The Morgan fingerprint density at radius 1 is 1.38 bits per heavy atom. The van der Waals surface area contributed by atoms with Crippen LogP contribution in [0.5, 0.6) is 0 Å². The van der Waals surface area contributed by atoms with Gasteiger partial charge in [0.25, 0.3) is 0 Å². The monoisotopic (exact) mass is 229 g/mol. The van der Waals surface area contributed by atoms with Gasteiger partial charge in [-0.15, -0.1) is 0 Å². The van der Waals surface area contributed by atoms with Gasteiger partial charge in [0.15, 0.2) is 0 Å². The van der Waals surface area contributed by atoms with Crippen molar-refractivity contribution in [3.8, 4) is 0 Å². The molecule has 5 heteroatoms. The molecule has 0 heterocycles. The fourth-order valence-electron chi connectivity index (χ4n) is 2.09. The van der Waals surface area contributed by atoms with Crippen molar-refractivity contribution in [3.05, 3.63) is 0 Å². The highest BCUT2D eigenvalue weighted by Gasteiger charge is 2.65. The van der Waals surface area contributed by atoms with E-state index in [1.165, 1.54) is 0 Å². The average molecular weight is 229 g/mol. The summed E-state index contributed by atoms with van der Waals surface area (Å²) in [7, 11) is 0. The SMILES string of the molecule is CCOCCNC(=O)C1C(C(=O)O)C1(C)C. The molecule has 0 bridgehead atoms. The number of hydrogen-bond acceptors (Lipinski definition) is 3. The number of carbonyl (C=O) groups is 2. The summed E-state index contributed by atoms with van der Waals surface area (Å²) in [4.78, 5) is 22.5. The first-order valence-corrected chi connectivity index (χ1v) is 5.51. The second-order valence-electron chi connectivity index (χ2n) is 4.60. The summed E-state index contributed by atoms with van der Waals surface area (Å²) in [5, 5.41) is 11.6. The molecule has 92 valence electrons. The molecule has 5 nitrogen and oxygen atoms in total. The Kier molecular flexibility index (Phi) is 3.91. The molecule has 1 saturated carbocycles. The van der Waals surface area contributed by atoms with Crippen molar-refractivity contribution in [2.45, 2.75) is 20.8 Å². The maximum Gasteiger partial charge on any atom is 0.307 e. The van der Waals surface area contributed by atoms with Gasteiger partial charge in [0.1, 0.15) is 0 Å². The molecule has 1 fully saturated rings. The smallest absolute Gasteiger partial charge is 0.307 e. The third-order valence-electron chi connectivity index (χ3n) is 3.13. The number of carboxylic acid groups (broad SMARTS) is 1. The molecule has 0 aromatic heterocycles. The van der Waals surface area contributed by atoms with Crippen LogP contribution in [0.2, 0.25) is 0 Å². The Morgan fingerprint density at radius 3 is 2.44 bits per heavy atom. The van der Waals surface area contributed by atoms with E-state index in [1.54, 1.807) is 13.8 Å². The van der Waals surface area contributed by atoms with Gasteiger partial charge in [0.05, 0.1) is 18.4 Å². The molecule has 1 rings (SSSR count). The van der Waals surface area contributed by atoms with Crippen LogP contribution in [0.15, 0.2) is 0 Å².